The van der Waals surface area contributed by atoms with Crippen LogP contribution >= 0.6 is 0 Å². The molecule has 0 unspecified atom stereocenters. The molecule has 2 saturated carbocycles. The van der Waals surface area contributed by atoms with Crippen molar-refractivity contribution in [3.63, 3.8) is 0 Å². The minimum atomic E-state index is 0.117. The maximum atomic E-state index is 11.1. The molecule has 0 aromatic heterocycles. The summed E-state index contributed by atoms with van der Waals surface area (Å²) in [6, 6.07) is 0. The van der Waals surface area contributed by atoms with Crippen LogP contribution in [0.5, 0.6) is 0 Å². The van der Waals surface area contributed by atoms with Crippen molar-refractivity contribution < 1.29 is 4.79 Å². The van der Waals surface area contributed by atoms with Crippen molar-refractivity contribution in [1.82, 2.24) is 0 Å². The molecular weight excluding hydrogens is 184 g/mol. The molecule has 0 aromatic carbocycles. The van der Waals surface area contributed by atoms with E-state index in [2.05, 4.69) is 13.8 Å². The van der Waals surface area contributed by atoms with Gasteiger partial charge in [-0.15, -0.1) is 0 Å². The van der Waals surface area contributed by atoms with E-state index in [0.29, 0.717) is 5.41 Å². The van der Waals surface area contributed by atoms with Gasteiger partial charge in [0.05, 0.1) is 0 Å². The Morgan fingerprint density at radius 2 is 1.73 bits per heavy atom. The third-order valence-electron chi connectivity index (χ3n) is 4.75. The van der Waals surface area contributed by atoms with Crippen LogP contribution in [0, 0.1) is 16.7 Å². The van der Waals surface area contributed by atoms with Gasteiger partial charge in [0.2, 0.25) is 0 Å². The van der Waals surface area contributed by atoms with E-state index < -0.39 is 0 Å². The highest BCUT2D eigenvalue weighted by atomic mass is 16.1. The molecule has 2 rings (SSSR count). The Labute approximate surface area is 93.6 Å². The van der Waals surface area contributed by atoms with Crippen LogP contribution < -0.4 is 0 Å². The molecule has 15 heavy (non-hydrogen) atoms. The van der Waals surface area contributed by atoms with Gasteiger partial charge in [-0.2, -0.15) is 0 Å². The van der Waals surface area contributed by atoms with E-state index in [1.807, 2.05) is 0 Å². The third-order valence-corrected chi connectivity index (χ3v) is 4.75. The second-order valence-electron chi connectivity index (χ2n) is 6.65. The van der Waals surface area contributed by atoms with Gasteiger partial charge in [-0.3, -0.25) is 0 Å². The standard InChI is InChI=1S/C14H24O/c1-13(2)8-4-12(5-9-13)10-14(11-15)6-3-7-14/h11-12H,3-10H2,1-2H3. The molecule has 2 aliphatic carbocycles. The van der Waals surface area contributed by atoms with E-state index in [-0.39, 0.29) is 5.41 Å². The van der Waals surface area contributed by atoms with Crippen LogP contribution in [0.4, 0.5) is 0 Å². The molecule has 2 aliphatic rings. The van der Waals surface area contributed by atoms with E-state index in [1.54, 1.807) is 0 Å². The molecule has 0 amide bonds. The molecule has 0 spiro atoms. The molecule has 0 bridgehead atoms. The Bertz CT molecular complexity index is 228. The van der Waals surface area contributed by atoms with Gasteiger partial charge in [0.15, 0.2) is 0 Å². The van der Waals surface area contributed by atoms with E-state index in [1.165, 1.54) is 44.8 Å². The first kappa shape index (κ1) is 11.2. The molecule has 0 aliphatic heterocycles. The third kappa shape index (κ3) is 2.43. The highest BCUT2D eigenvalue weighted by Gasteiger charge is 2.40. The second-order valence-corrected chi connectivity index (χ2v) is 6.65. The van der Waals surface area contributed by atoms with E-state index in [4.69, 9.17) is 0 Å². The van der Waals surface area contributed by atoms with Crippen molar-refractivity contribution in [2.45, 2.75) is 65.2 Å². The monoisotopic (exact) mass is 208 g/mol. The number of rotatable bonds is 3. The Morgan fingerprint density at radius 1 is 1.13 bits per heavy atom. The van der Waals surface area contributed by atoms with E-state index in [9.17, 15) is 4.79 Å². The molecular formula is C14H24O. The summed E-state index contributed by atoms with van der Waals surface area (Å²) in [4.78, 5) is 11.1. The summed E-state index contributed by atoms with van der Waals surface area (Å²) in [7, 11) is 0. The number of carbonyl (C=O) groups is 1. The van der Waals surface area contributed by atoms with Crippen LogP contribution in [-0.4, -0.2) is 6.29 Å². The average molecular weight is 208 g/mol. The average Bonchev–Trinajstić information content (AvgIpc) is 2.14. The SMILES string of the molecule is CC1(C)CCC(CC2(C=O)CCC2)CC1. The minimum absolute atomic E-state index is 0.117. The molecule has 2 fully saturated rings. The smallest absolute Gasteiger partial charge is 0.126 e. The number of aldehydes is 1. The first-order valence-corrected chi connectivity index (χ1v) is 6.52. The molecule has 0 radical (unpaired) electrons. The summed E-state index contributed by atoms with van der Waals surface area (Å²) in [5, 5.41) is 0. The fourth-order valence-electron chi connectivity index (χ4n) is 3.24. The number of hydrogen-bond acceptors (Lipinski definition) is 1. The van der Waals surface area contributed by atoms with Gasteiger partial charge in [-0.25, -0.2) is 0 Å². The predicted molar refractivity (Wildman–Crippen MR) is 62.7 cm³/mol. The molecule has 0 saturated heterocycles. The second kappa shape index (κ2) is 3.92. The Balaban J connectivity index is 1.84. The fourth-order valence-corrected chi connectivity index (χ4v) is 3.24. The zero-order valence-electron chi connectivity index (χ0n) is 10.2. The van der Waals surface area contributed by atoms with Crippen molar-refractivity contribution in [2.75, 3.05) is 0 Å². The number of hydrogen-bond donors (Lipinski definition) is 0. The van der Waals surface area contributed by atoms with Gasteiger partial charge in [0.1, 0.15) is 6.29 Å². The lowest BCUT2D eigenvalue weighted by Crippen LogP contribution is -2.35. The summed E-state index contributed by atoms with van der Waals surface area (Å²) < 4.78 is 0. The van der Waals surface area contributed by atoms with Crippen molar-refractivity contribution in [3.05, 3.63) is 0 Å². The van der Waals surface area contributed by atoms with Gasteiger partial charge in [-0.05, 0) is 56.3 Å². The zero-order chi connectivity index (χ0) is 10.9. The normalized spacial score (nSPS) is 29.5. The highest BCUT2D eigenvalue weighted by molar-refractivity contribution is 5.60. The van der Waals surface area contributed by atoms with Crippen LogP contribution in [0.2, 0.25) is 0 Å². The maximum Gasteiger partial charge on any atom is 0.126 e. The Kier molecular flexibility index (Phi) is 2.92. The van der Waals surface area contributed by atoms with Crippen LogP contribution in [-0.2, 0) is 4.79 Å². The van der Waals surface area contributed by atoms with Gasteiger partial charge < -0.3 is 4.79 Å². The molecule has 1 heteroatoms. The predicted octanol–water partition coefficient (Wildman–Crippen LogP) is 3.96. The van der Waals surface area contributed by atoms with Gasteiger partial charge in [0, 0.05) is 5.41 Å². The van der Waals surface area contributed by atoms with Crippen molar-refractivity contribution in [2.24, 2.45) is 16.7 Å². The minimum Gasteiger partial charge on any atom is -0.303 e. The van der Waals surface area contributed by atoms with Crippen LogP contribution in [0.15, 0.2) is 0 Å². The Hall–Kier alpha value is -0.330. The topological polar surface area (TPSA) is 17.1 Å². The lowest BCUT2D eigenvalue weighted by atomic mass is 9.62. The van der Waals surface area contributed by atoms with Crippen LogP contribution in [0.3, 0.4) is 0 Å². The van der Waals surface area contributed by atoms with Crippen molar-refractivity contribution in [1.29, 1.82) is 0 Å². The Morgan fingerprint density at radius 3 is 2.13 bits per heavy atom. The first-order chi connectivity index (χ1) is 7.05. The largest absolute Gasteiger partial charge is 0.303 e. The van der Waals surface area contributed by atoms with Crippen molar-refractivity contribution in [3.8, 4) is 0 Å². The summed E-state index contributed by atoms with van der Waals surface area (Å²) in [6.07, 6.45) is 11.5. The highest BCUT2D eigenvalue weighted by Crippen LogP contribution is 2.48. The van der Waals surface area contributed by atoms with Crippen molar-refractivity contribution >= 4 is 6.29 Å². The molecule has 0 aromatic rings. The fraction of sp³-hybridized carbons (Fsp3) is 0.929. The first-order valence-electron chi connectivity index (χ1n) is 6.52. The van der Waals surface area contributed by atoms with Gasteiger partial charge in [0.25, 0.3) is 0 Å². The lowest BCUT2D eigenvalue weighted by Gasteiger charge is -2.42. The van der Waals surface area contributed by atoms with Crippen LogP contribution in [0.25, 0.3) is 0 Å². The molecule has 86 valence electrons. The van der Waals surface area contributed by atoms with Crippen LogP contribution in [0.1, 0.15) is 65.2 Å². The summed E-state index contributed by atoms with van der Waals surface area (Å²) in [5.41, 5.74) is 0.677. The summed E-state index contributed by atoms with van der Waals surface area (Å²) in [6.45, 7) is 4.75. The molecule has 1 nitrogen and oxygen atoms in total. The van der Waals surface area contributed by atoms with E-state index >= 15 is 0 Å². The molecule has 0 atom stereocenters. The summed E-state index contributed by atoms with van der Waals surface area (Å²) >= 11 is 0. The molecule has 0 N–H and O–H groups in total. The number of carbonyl (C=O) groups excluding carboxylic acids is 1. The lowest BCUT2D eigenvalue weighted by molar-refractivity contribution is -0.122. The van der Waals surface area contributed by atoms with Gasteiger partial charge >= 0.3 is 0 Å². The molecule has 0 heterocycles. The summed E-state index contributed by atoms with van der Waals surface area (Å²) in [5.74, 6) is 0.837. The maximum absolute atomic E-state index is 11.1. The zero-order valence-corrected chi connectivity index (χ0v) is 10.2. The quantitative estimate of drug-likeness (QED) is 0.641. The van der Waals surface area contributed by atoms with E-state index in [0.717, 1.165) is 18.8 Å². The van der Waals surface area contributed by atoms with Gasteiger partial charge in [-0.1, -0.05) is 20.3 Å².